The molecule has 3 heterocycles. The molecule has 40 heavy (non-hydrogen) atoms. The molecule has 0 amide bonds. The fraction of sp³-hybridized carbons (Fsp3) is 0.310. The molecule has 5 rings (SSSR count). The van der Waals surface area contributed by atoms with E-state index in [1.165, 1.54) is 28.8 Å². The van der Waals surface area contributed by atoms with Gasteiger partial charge in [-0.15, -0.1) is 0 Å². The number of halogens is 1. The molecule has 208 valence electrons. The monoisotopic (exact) mass is 562 g/mol. The number of carbonyl (C=O) groups excluding carboxylic acids is 1. The van der Waals surface area contributed by atoms with Crippen LogP contribution in [0.15, 0.2) is 82.2 Å². The van der Waals surface area contributed by atoms with Crippen molar-refractivity contribution in [1.29, 1.82) is 0 Å². The van der Waals surface area contributed by atoms with E-state index in [1.807, 2.05) is 19.9 Å². The van der Waals surface area contributed by atoms with Crippen LogP contribution in [0.2, 0.25) is 0 Å². The van der Waals surface area contributed by atoms with Crippen LogP contribution >= 0.6 is 0 Å². The molecule has 1 saturated heterocycles. The first-order chi connectivity index (χ1) is 19.2. The molecule has 2 aromatic heterocycles. The highest BCUT2D eigenvalue weighted by Gasteiger charge is 2.51. The lowest BCUT2D eigenvalue weighted by Gasteiger charge is -2.44. The Morgan fingerprint density at radius 1 is 1.23 bits per heavy atom. The van der Waals surface area contributed by atoms with Gasteiger partial charge in [0.2, 0.25) is 10.0 Å². The molecule has 2 aliphatic rings. The first kappa shape index (κ1) is 27.6. The van der Waals surface area contributed by atoms with Gasteiger partial charge in [-0.2, -0.15) is 14.5 Å². The van der Waals surface area contributed by atoms with Gasteiger partial charge in [0, 0.05) is 25.8 Å². The number of aryl methyl sites for hydroxylation is 1. The maximum absolute atomic E-state index is 14.2. The second-order valence-corrected chi connectivity index (χ2v) is 11.9. The van der Waals surface area contributed by atoms with Crippen LogP contribution in [0.4, 0.5) is 4.39 Å². The smallest absolute Gasteiger partial charge is 0.246 e. The zero-order valence-corrected chi connectivity index (χ0v) is 23.3. The van der Waals surface area contributed by atoms with Crippen molar-refractivity contribution < 1.29 is 17.6 Å². The lowest BCUT2D eigenvalue weighted by Crippen LogP contribution is -2.53. The summed E-state index contributed by atoms with van der Waals surface area (Å²) in [5.41, 5.74) is 2.02. The van der Waals surface area contributed by atoms with Crippen molar-refractivity contribution >= 4 is 28.6 Å². The van der Waals surface area contributed by atoms with Crippen LogP contribution in [0.25, 0.3) is 11.8 Å². The fourth-order valence-corrected chi connectivity index (χ4v) is 6.88. The molecule has 1 aliphatic carbocycles. The predicted octanol–water partition coefficient (Wildman–Crippen LogP) is 4.37. The number of Topliss-reactive ketones (excluding diaryl/α,β-unsaturated/α-hetero) is 1. The highest BCUT2D eigenvalue weighted by Crippen LogP contribution is 2.47. The van der Waals surface area contributed by atoms with Gasteiger partial charge in [0.15, 0.2) is 5.78 Å². The number of hydrogen-bond donors (Lipinski definition) is 0. The molecule has 3 aromatic rings. The summed E-state index contributed by atoms with van der Waals surface area (Å²) < 4.78 is 45.8. The lowest BCUT2D eigenvalue weighted by molar-refractivity contribution is -0.124. The Kier molecular flexibility index (Phi) is 7.52. The largest absolute Gasteiger partial charge is 0.291 e. The van der Waals surface area contributed by atoms with E-state index >= 15 is 0 Å². The van der Waals surface area contributed by atoms with Crippen LogP contribution in [-0.4, -0.2) is 57.9 Å². The van der Waals surface area contributed by atoms with Gasteiger partial charge in [-0.1, -0.05) is 24.6 Å². The number of ketones is 1. The van der Waals surface area contributed by atoms with Gasteiger partial charge < -0.3 is 0 Å². The molecular weight excluding hydrogens is 531 g/mol. The normalized spacial score (nSPS) is 19.8. The number of fused-ring (bicyclic) bond motifs is 2. The number of aliphatic imine (C=N–C) groups is 1. The Hall–Kier alpha value is -3.96. The summed E-state index contributed by atoms with van der Waals surface area (Å²) in [6, 6.07) is 6.02. The minimum atomic E-state index is -3.92. The zero-order valence-electron chi connectivity index (χ0n) is 22.5. The van der Waals surface area contributed by atoms with E-state index in [4.69, 9.17) is 0 Å². The lowest BCUT2D eigenvalue weighted by atomic mass is 9.65. The van der Waals surface area contributed by atoms with Gasteiger partial charge in [0.05, 0.1) is 29.2 Å². The Balaban J connectivity index is 1.59. The molecule has 1 fully saturated rings. The van der Waals surface area contributed by atoms with Gasteiger partial charge in [-0.25, -0.2) is 17.5 Å². The van der Waals surface area contributed by atoms with Gasteiger partial charge in [0.25, 0.3) is 0 Å². The minimum Gasteiger partial charge on any atom is -0.291 e. The fourth-order valence-electron chi connectivity index (χ4n) is 5.42. The molecule has 1 aliphatic heterocycles. The quantitative estimate of drug-likeness (QED) is 0.219. The number of aromatic nitrogens is 4. The predicted molar refractivity (Wildman–Crippen MR) is 151 cm³/mol. The van der Waals surface area contributed by atoms with Crippen LogP contribution in [0.3, 0.4) is 0 Å². The molecule has 1 aromatic carbocycles. The number of carbonyl (C=O) groups is 1. The van der Waals surface area contributed by atoms with Crippen molar-refractivity contribution in [2.24, 2.45) is 10.4 Å². The zero-order chi connectivity index (χ0) is 28.5. The van der Waals surface area contributed by atoms with E-state index in [1.54, 1.807) is 45.9 Å². The second-order valence-electron chi connectivity index (χ2n) is 9.96. The third kappa shape index (κ3) is 4.79. The van der Waals surface area contributed by atoms with Crippen LogP contribution < -0.4 is 0 Å². The van der Waals surface area contributed by atoms with Gasteiger partial charge in [-0.3, -0.25) is 14.5 Å². The van der Waals surface area contributed by atoms with Crippen molar-refractivity contribution in [3.63, 3.8) is 0 Å². The van der Waals surface area contributed by atoms with E-state index in [0.717, 1.165) is 23.3 Å². The van der Waals surface area contributed by atoms with E-state index in [-0.39, 0.29) is 41.7 Å². The molecular formula is C29H31FN6O3S. The van der Waals surface area contributed by atoms with Gasteiger partial charge in [-0.05, 0) is 74.9 Å². The van der Waals surface area contributed by atoms with Crippen molar-refractivity contribution in [3.05, 3.63) is 89.4 Å². The highest BCUT2D eigenvalue weighted by atomic mass is 32.2. The average Bonchev–Trinajstić information content (AvgIpc) is 3.60. The van der Waals surface area contributed by atoms with E-state index in [0.29, 0.717) is 18.7 Å². The van der Waals surface area contributed by atoms with E-state index in [2.05, 4.69) is 21.9 Å². The summed E-state index contributed by atoms with van der Waals surface area (Å²) in [4.78, 5) is 18.3. The molecule has 0 saturated carbocycles. The summed E-state index contributed by atoms with van der Waals surface area (Å²) in [6.45, 7) is 8.19. The summed E-state index contributed by atoms with van der Waals surface area (Å²) >= 11 is 0. The van der Waals surface area contributed by atoms with Crippen molar-refractivity contribution in [2.75, 3.05) is 13.1 Å². The maximum atomic E-state index is 14.2. The van der Waals surface area contributed by atoms with Gasteiger partial charge in [0.1, 0.15) is 16.4 Å². The molecule has 9 nitrogen and oxygen atoms in total. The number of benzene rings is 1. The molecule has 0 bridgehead atoms. The number of rotatable bonds is 9. The number of nitrogens with zero attached hydrogens (tertiary/aromatic N) is 6. The molecule has 1 atom stereocenters. The Morgan fingerprint density at radius 3 is 2.70 bits per heavy atom. The summed E-state index contributed by atoms with van der Waals surface area (Å²) in [5, 5.41) is 8.73. The van der Waals surface area contributed by atoms with Crippen molar-refractivity contribution in [3.8, 4) is 5.69 Å². The van der Waals surface area contributed by atoms with Crippen molar-refractivity contribution in [2.45, 2.75) is 44.6 Å². The number of hydrogen-bond acceptors (Lipinski definition) is 6. The molecule has 0 radical (unpaired) electrons. The molecule has 0 spiro atoms. The number of sulfonamides is 1. The third-order valence-electron chi connectivity index (χ3n) is 7.44. The topological polar surface area (TPSA) is 102 Å². The highest BCUT2D eigenvalue weighted by molar-refractivity contribution is 7.89. The van der Waals surface area contributed by atoms with Crippen LogP contribution in [0.5, 0.6) is 0 Å². The molecule has 0 N–H and O–H groups in total. The van der Waals surface area contributed by atoms with Crippen LogP contribution in [0.1, 0.15) is 37.9 Å². The first-order valence-corrected chi connectivity index (χ1v) is 14.6. The van der Waals surface area contributed by atoms with E-state index < -0.39 is 15.4 Å². The summed E-state index contributed by atoms with van der Waals surface area (Å²) in [6.07, 6.45) is 13.0. The standard InChI is InChI=1S/C29H31FN6O3S/c1-4-6-7-26(31-3)28(37)29-16-21-17-33-36(24-10-8-23(30)9-11-24)27(21)15-22(29)12-14-35(20-29)40(38,39)25-18-32-34(19-25)13-5-2/h4,6-11,15,17-19H,3,5,12-14,16,20H2,1-2H3/b6-4-,26-7-/t29-/m0/s1. The average molecular weight is 563 g/mol. The van der Waals surface area contributed by atoms with Crippen LogP contribution in [-0.2, 0) is 27.8 Å². The summed E-state index contributed by atoms with van der Waals surface area (Å²) in [7, 11) is -3.92. The molecule has 0 unspecified atom stereocenters. The first-order valence-electron chi connectivity index (χ1n) is 13.1. The minimum absolute atomic E-state index is 0.0528. The second kappa shape index (κ2) is 10.9. The van der Waals surface area contributed by atoms with Crippen molar-refractivity contribution in [1.82, 2.24) is 23.9 Å². The molecule has 11 heteroatoms. The van der Waals surface area contributed by atoms with Crippen LogP contribution in [0, 0.1) is 11.2 Å². The summed E-state index contributed by atoms with van der Waals surface area (Å²) in [5.74, 6) is -0.646. The maximum Gasteiger partial charge on any atom is 0.246 e. The Morgan fingerprint density at radius 2 is 2.00 bits per heavy atom. The Labute approximate surface area is 233 Å². The Bertz CT molecular complexity index is 1650. The number of allylic oxidation sites excluding steroid dienone is 4. The SMILES string of the molecule is C=N/C(=C\C=C/C)C(=O)[C@]12Cc3cnn(-c4ccc(F)cc4)c3C=C1CCN(S(=O)(=O)c1cnn(CCC)c1)C2. The number of piperidine rings is 1. The van der Waals surface area contributed by atoms with Gasteiger partial charge >= 0.3 is 0 Å². The van der Waals surface area contributed by atoms with E-state index in [9.17, 15) is 17.6 Å². The third-order valence-corrected chi connectivity index (χ3v) is 9.23.